The Balaban J connectivity index is 2.60. The fraction of sp³-hybridized carbons (Fsp3) is 0.286. The van der Waals surface area contributed by atoms with Crippen LogP contribution in [0.5, 0.6) is 5.75 Å². The van der Waals surface area contributed by atoms with Crippen molar-refractivity contribution in [3.05, 3.63) is 47.5 Å². The number of benzene rings is 1. The van der Waals surface area contributed by atoms with E-state index in [1.54, 1.807) is 13.2 Å². The number of halogens is 4. The highest BCUT2D eigenvalue weighted by molar-refractivity contribution is 9.10. The monoisotopic (exact) mass is 427 g/mol. The first kappa shape index (κ1) is 17.4. The molecular weight excluding hydrogens is 416 g/mol. The molecule has 2 aromatic rings. The number of methoxy groups -OCH3 is 1. The van der Waals surface area contributed by atoms with E-state index in [1.165, 1.54) is 11.3 Å². The summed E-state index contributed by atoms with van der Waals surface area (Å²) in [6.45, 7) is 2.79. The van der Waals surface area contributed by atoms with Crippen LogP contribution < -0.4 is 10.1 Å². The molecule has 2 rings (SSSR count). The lowest BCUT2D eigenvalue weighted by atomic mass is 10.00. The van der Waals surface area contributed by atoms with Gasteiger partial charge in [0.15, 0.2) is 0 Å². The summed E-state index contributed by atoms with van der Waals surface area (Å²) in [7, 11) is 1.63. The van der Waals surface area contributed by atoms with Gasteiger partial charge in [0.25, 0.3) is 0 Å². The summed E-state index contributed by atoms with van der Waals surface area (Å²) in [4.78, 5) is 0. The SMILES string of the molecule is CCNC(c1cc(Cl)sc1Cl)c1cc(Cl)cc(Br)c1OC. The van der Waals surface area contributed by atoms with E-state index in [9.17, 15) is 0 Å². The Labute approximate surface area is 151 Å². The summed E-state index contributed by atoms with van der Waals surface area (Å²) in [5.74, 6) is 0.726. The summed E-state index contributed by atoms with van der Waals surface area (Å²) in [5, 5.41) is 4.03. The predicted octanol–water partition coefficient (Wildman–Crippen LogP) is 6.18. The minimum atomic E-state index is -0.142. The van der Waals surface area contributed by atoms with Crippen LogP contribution in [0.25, 0.3) is 0 Å². The molecule has 0 radical (unpaired) electrons. The number of hydrogen-bond donors (Lipinski definition) is 1. The first-order valence-electron chi connectivity index (χ1n) is 6.19. The maximum absolute atomic E-state index is 6.31. The molecule has 1 aromatic heterocycles. The first-order valence-corrected chi connectivity index (χ1v) is 8.93. The van der Waals surface area contributed by atoms with Gasteiger partial charge in [-0.25, -0.2) is 0 Å². The van der Waals surface area contributed by atoms with Gasteiger partial charge in [0.2, 0.25) is 0 Å². The van der Waals surface area contributed by atoms with E-state index in [2.05, 4.69) is 21.2 Å². The van der Waals surface area contributed by atoms with Crippen molar-refractivity contribution in [2.75, 3.05) is 13.7 Å². The predicted molar refractivity (Wildman–Crippen MR) is 95.6 cm³/mol. The number of hydrogen-bond acceptors (Lipinski definition) is 3. The van der Waals surface area contributed by atoms with Crippen molar-refractivity contribution in [1.29, 1.82) is 0 Å². The summed E-state index contributed by atoms with van der Waals surface area (Å²) in [6.07, 6.45) is 0. The van der Waals surface area contributed by atoms with Crippen molar-refractivity contribution in [1.82, 2.24) is 5.32 Å². The molecule has 0 saturated carbocycles. The number of ether oxygens (including phenoxy) is 1. The lowest BCUT2D eigenvalue weighted by molar-refractivity contribution is 0.402. The molecule has 1 atom stereocenters. The molecule has 0 spiro atoms. The molecule has 21 heavy (non-hydrogen) atoms. The lowest BCUT2D eigenvalue weighted by Gasteiger charge is -2.21. The van der Waals surface area contributed by atoms with Crippen molar-refractivity contribution in [3.63, 3.8) is 0 Å². The fourth-order valence-corrected chi connectivity index (χ4v) is 4.68. The minimum absolute atomic E-state index is 0.142. The molecule has 0 amide bonds. The third kappa shape index (κ3) is 3.87. The quantitative estimate of drug-likeness (QED) is 0.613. The van der Waals surface area contributed by atoms with Crippen LogP contribution in [0.4, 0.5) is 0 Å². The van der Waals surface area contributed by atoms with Crippen LogP contribution in [0, 0.1) is 0 Å². The van der Waals surface area contributed by atoms with E-state index in [-0.39, 0.29) is 6.04 Å². The zero-order valence-corrected chi connectivity index (χ0v) is 16.0. The number of nitrogens with one attached hydrogen (secondary N) is 1. The van der Waals surface area contributed by atoms with E-state index in [1.807, 2.05) is 19.1 Å². The molecular formula is C14H13BrCl3NOS. The van der Waals surface area contributed by atoms with Gasteiger partial charge in [0, 0.05) is 16.1 Å². The third-order valence-electron chi connectivity index (χ3n) is 2.95. The van der Waals surface area contributed by atoms with Crippen molar-refractivity contribution >= 4 is 62.1 Å². The van der Waals surface area contributed by atoms with E-state index in [4.69, 9.17) is 39.5 Å². The highest BCUT2D eigenvalue weighted by Gasteiger charge is 2.23. The van der Waals surface area contributed by atoms with Gasteiger partial charge in [-0.2, -0.15) is 0 Å². The Kier molecular flexibility index (Phi) is 6.24. The zero-order valence-electron chi connectivity index (χ0n) is 11.3. The van der Waals surface area contributed by atoms with E-state index in [0.717, 1.165) is 27.9 Å². The van der Waals surface area contributed by atoms with Gasteiger partial charge in [-0.05, 0) is 40.7 Å². The maximum atomic E-state index is 6.31. The molecule has 1 unspecified atom stereocenters. The number of thiophene rings is 1. The van der Waals surface area contributed by atoms with Gasteiger partial charge < -0.3 is 10.1 Å². The van der Waals surface area contributed by atoms with Crippen LogP contribution >= 0.6 is 62.1 Å². The molecule has 0 bridgehead atoms. The standard InChI is InChI=1S/C14H13BrCl3NOS/c1-3-19-12(9-6-11(17)21-14(9)18)8-4-7(16)5-10(15)13(8)20-2/h4-6,12,19H,3H2,1-2H3. The normalized spacial score (nSPS) is 12.5. The van der Waals surface area contributed by atoms with Crippen molar-refractivity contribution in [2.24, 2.45) is 0 Å². The van der Waals surface area contributed by atoms with Crippen molar-refractivity contribution in [3.8, 4) is 5.75 Å². The second kappa shape index (κ2) is 7.53. The molecule has 0 saturated heterocycles. The zero-order chi connectivity index (χ0) is 15.6. The molecule has 7 heteroatoms. The second-order valence-corrected chi connectivity index (χ2v) is 7.86. The average molecular weight is 430 g/mol. The van der Waals surface area contributed by atoms with Gasteiger partial charge in [0.05, 0.1) is 26.3 Å². The Hall–Kier alpha value is 0.0300. The molecule has 1 N–H and O–H groups in total. The van der Waals surface area contributed by atoms with Gasteiger partial charge in [-0.15, -0.1) is 11.3 Å². The van der Waals surface area contributed by atoms with Crippen molar-refractivity contribution in [2.45, 2.75) is 13.0 Å². The van der Waals surface area contributed by atoms with E-state index < -0.39 is 0 Å². The van der Waals surface area contributed by atoms with E-state index >= 15 is 0 Å². The van der Waals surface area contributed by atoms with Crippen LogP contribution in [0.3, 0.4) is 0 Å². The minimum Gasteiger partial charge on any atom is -0.495 e. The summed E-state index contributed by atoms with van der Waals surface area (Å²) < 4.78 is 7.61. The smallest absolute Gasteiger partial charge is 0.138 e. The maximum Gasteiger partial charge on any atom is 0.138 e. The Bertz CT molecular complexity index is 647. The molecule has 0 aliphatic heterocycles. The highest BCUT2D eigenvalue weighted by Crippen LogP contribution is 2.43. The van der Waals surface area contributed by atoms with Gasteiger partial charge in [-0.1, -0.05) is 41.7 Å². The largest absolute Gasteiger partial charge is 0.495 e. The van der Waals surface area contributed by atoms with Crippen LogP contribution in [0.15, 0.2) is 22.7 Å². The highest BCUT2D eigenvalue weighted by atomic mass is 79.9. The Morgan fingerprint density at radius 3 is 2.48 bits per heavy atom. The molecule has 1 heterocycles. The van der Waals surface area contributed by atoms with Gasteiger partial charge in [-0.3, -0.25) is 0 Å². The summed E-state index contributed by atoms with van der Waals surface area (Å²) >= 11 is 23.4. The van der Waals surface area contributed by atoms with E-state index in [0.29, 0.717) is 13.7 Å². The fourth-order valence-electron chi connectivity index (χ4n) is 2.15. The lowest BCUT2D eigenvalue weighted by Crippen LogP contribution is -2.22. The van der Waals surface area contributed by atoms with Crippen molar-refractivity contribution < 1.29 is 4.74 Å². The molecule has 2 nitrogen and oxygen atoms in total. The summed E-state index contributed by atoms with van der Waals surface area (Å²) in [6, 6.07) is 5.40. The van der Waals surface area contributed by atoms with Crippen LogP contribution in [-0.2, 0) is 0 Å². The topological polar surface area (TPSA) is 21.3 Å². The Morgan fingerprint density at radius 1 is 1.24 bits per heavy atom. The Morgan fingerprint density at radius 2 is 1.95 bits per heavy atom. The molecule has 0 fully saturated rings. The molecule has 1 aromatic carbocycles. The summed E-state index contributed by atoms with van der Waals surface area (Å²) in [5.41, 5.74) is 1.83. The van der Waals surface area contributed by atoms with Crippen LogP contribution in [-0.4, -0.2) is 13.7 Å². The first-order chi connectivity index (χ1) is 9.97. The number of rotatable bonds is 5. The van der Waals surface area contributed by atoms with Gasteiger partial charge in [0.1, 0.15) is 5.75 Å². The van der Waals surface area contributed by atoms with Gasteiger partial charge >= 0.3 is 0 Å². The third-order valence-corrected chi connectivity index (χ3v) is 5.28. The van der Waals surface area contributed by atoms with Crippen LogP contribution in [0.1, 0.15) is 24.1 Å². The average Bonchev–Trinajstić information content (AvgIpc) is 2.74. The molecule has 0 aliphatic carbocycles. The molecule has 114 valence electrons. The van der Waals surface area contributed by atoms with Crippen LogP contribution in [0.2, 0.25) is 13.7 Å². The second-order valence-electron chi connectivity index (χ2n) is 4.28. The molecule has 0 aliphatic rings.